The summed E-state index contributed by atoms with van der Waals surface area (Å²) in [5, 5.41) is 8.19. The minimum absolute atomic E-state index is 0.555. The number of furan rings is 2. The molecule has 0 amide bonds. The Morgan fingerprint density at radius 3 is 1.71 bits per heavy atom. The van der Waals surface area contributed by atoms with Gasteiger partial charge in [0.25, 0.3) is 0 Å². The van der Waals surface area contributed by atoms with Crippen molar-refractivity contribution in [2.24, 2.45) is 0 Å². The predicted octanol–water partition coefficient (Wildman–Crippen LogP) is 14.3. The summed E-state index contributed by atoms with van der Waals surface area (Å²) >= 11 is 0. The Morgan fingerprint density at radius 2 is 1.00 bits per heavy atom. The second kappa shape index (κ2) is 11.9. The fourth-order valence-corrected chi connectivity index (χ4v) is 9.95. The van der Waals surface area contributed by atoms with Crippen molar-refractivity contribution in [3.63, 3.8) is 0 Å². The highest BCUT2D eigenvalue weighted by molar-refractivity contribution is 6.16. The summed E-state index contributed by atoms with van der Waals surface area (Å²) in [5.41, 5.74) is 13.2. The molecule has 0 saturated carbocycles. The minimum atomic E-state index is -0.555. The summed E-state index contributed by atoms with van der Waals surface area (Å²) in [6.07, 6.45) is 0.712. The van der Waals surface area contributed by atoms with Gasteiger partial charge >= 0.3 is 0 Å². The molecule has 0 unspecified atom stereocenters. The van der Waals surface area contributed by atoms with Crippen LogP contribution in [0.2, 0.25) is 0 Å². The zero-order valence-corrected chi connectivity index (χ0v) is 30.5. The molecule has 11 aromatic rings. The van der Waals surface area contributed by atoms with E-state index in [2.05, 4.69) is 182 Å². The van der Waals surface area contributed by atoms with Gasteiger partial charge in [0, 0.05) is 33.7 Å². The summed E-state index contributed by atoms with van der Waals surface area (Å²) in [7, 11) is 0. The molecular formula is C54H34O2. The van der Waals surface area contributed by atoms with Gasteiger partial charge in [0.05, 0.1) is 5.41 Å². The highest BCUT2D eigenvalue weighted by atomic mass is 16.3. The maximum Gasteiger partial charge on any atom is 0.140 e. The Labute approximate surface area is 323 Å². The third kappa shape index (κ3) is 4.27. The van der Waals surface area contributed by atoms with Crippen LogP contribution in [0.1, 0.15) is 33.4 Å². The lowest BCUT2D eigenvalue weighted by Gasteiger charge is -2.33. The van der Waals surface area contributed by atoms with Crippen molar-refractivity contribution in [2.45, 2.75) is 11.8 Å². The molecular weight excluding hydrogens is 681 g/mol. The molecule has 2 nitrogen and oxygen atoms in total. The molecule has 2 heteroatoms. The summed E-state index contributed by atoms with van der Waals surface area (Å²) in [6.45, 7) is 0. The van der Waals surface area contributed by atoms with E-state index in [1.807, 2.05) is 12.1 Å². The topological polar surface area (TPSA) is 26.3 Å². The Bertz CT molecular complexity index is 3200. The van der Waals surface area contributed by atoms with Gasteiger partial charge in [-0.1, -0.05) is 176 Å². The smallest absolute Gasteiger partial charge is 0.140 e. The number of rotatable bonds is 5. The Hall–Kier alpha value is -7.16. The fraction of sp³-hybridized carbons (Fsp3) is 0.0370. The van der Waals surface area contributed by atoms with Crippen molar-refractivity contribution in [2.75, 3.05) is 0 Å². The van der Waals surface area contributed by atoms with Crippen LogP contribution in [0.25, 0.3) is 76.9 Å². The molecule has 0 radical (unpaired) electrons. The Morgan fingerprint density at radius 1 is 0.411 bits per heavy atom. The van der Waals surface area contributed by atoms with E-state index in [0.717, 1.165) is 44.2 Å². The first-order valence-corrected chi connectivity index (χ1v) is 19.4. The van der Waals surface area contributed by atoms with E-state index in [4.69, 9.17) is 8.83 Å². The van der Waals surface area contributed by atoms with Gasteiger partial charge < -0.3 is 8.83 Å². The highest BCUT2D eigenvalue weighted by Gasteiger charge is 2.48. The van der Waals surface area contributed by atoms with Crippen LogP contribution in [0, 0.1) is 0 Å². The van der Waals surface area contributed by atoms with Crippen molar-refractivity contribution >= 4 is 54.5 Å². The van der Waals surface area contributed by atoms with E-state index in [1.54, 1.807) is 0 Å². The lowest BCUT2D eigenvalue weighted by molar-refractivity contribution is 0.633. The second-order valence-electron chi connectivity index (χ2n) is 15.1. The van der Waals surface area contributed by atoms with Gasteiger partial charge in [0.15, 0.2) is 0 Å². The van der Waals surface area contributed by atoms with E-state index in [-0.39, 0.29) is 0 Å². The largest absolute Gasteiger partial charge is 0.456 e. The van der Waals surface area contributed by atoms with Gasteiger partial charge in [0.2, 0.25) is 0 Å². The highest BCUT2D eigenvalue weighted by Crippen LogP contribution is 2.59. The summed E-state index contributed by atoms with van der Waals surface area (Å²) in [5.74, 6) is 0.889. The quantitative estimate of drug-likeness (QED) is 0.166. The summed E-state index contributed by atoms with van der Waals surface area (Å²) in [6, 6.07) is 70.1. The molecule has 1 aliphatic carbocycles. The van der Waals surface area contributed by atoms with Crippen LogP contribution in [-0.2, 0) is 11.8 Å². The zero-order chi connectivity index (χ0) is 36.8. The van der Waals surface area contributed by atoms with Gasteiger partial charge in [-0.15, -0.1) is 0 Å². The number of benzene rings is 9. The number of para-hydroxylation sites is 2. The molecule has 0 fully saturated rings. The molecule has 0 spiro atoms. The fourth-order valence-electron chi connectivity index (χ4n) is 9.95. The maximum absolute atomic E-state index is 7.36. The predicted molar refractivity (Wildman–Crippen MR) is 230 cm³/mol. The van der Waals surface area contributed by atoms with Crippen molar-refractivity contribution < 1.29 is 8.83 Å². The second-order valence-corrected chi connectivity index (χ2v) is 15.1. The van der Waals surface area contributed by atoms with Gasteiger partial charge in [-0.3, -0.25) is 0 Å². The van der Waals surface area contributed by atoms with Gasteiger partial charge in [-0.05, 0) is 78.7 Å². The number of hydrogen-bond acceptors (Lipinski definition) is 2. The molecule has 9 aromatic carbocycles. The molecule has 0 N–H and O–H groups in total. The van der Waals surface area contributed by atoms with Crippen LogP contribution in [0.4, 0.5) is 0 Å². The molecule has 0 atom stereocenters. The van der Waals surface area contributed by atoms with Gasteiger partial charge in [-0.2, -0.15) is 0 Å². The first kappa shape index (κ1) is 31.2. The monoisotopic (exact) mass is 714 g/mol. The van der Waals surface area contributed by atoms with E-state index in [1.165, 1.54) is 66.1 Å². The first-order valence-electron chi connectivity index (χ1n) is 19.4. The molecule has 0 aliphatic heterocycles. The molecule has 0 bridgehead atoms. The average molecular weight is 715 g/mol. The molecule has 12 rings (SSSR count). The van der Waals surface area contributed by atoms with Gasteiger partial charge in [-0.25, -0.2) is 0 Å². The van der Waals surface area contributed by atoms with Crippen LogP contribution >= 0.6 is 0 Å². The Kier molecular flexibility index (Phi) is 6.64. The lowest BCUT2D eigenvalue weighted by Crippen LogP contribution is -2.28. The molecule has 56 heavy (non-hydrogen) atoms. The normalized spacial score (nSPS) is 13.2. The third-order valence-electron chi connectivity index (χ3n) is 12.2. The lowest BCUT2D eigenvalue weighted by atomic mass is 9.67. The average Bonchev–Trinajstić information content (AvgIpc) is 3.95. The van der Waals surface area contributed by atoms with Crippen molar-refractivity contribution in [1.82, 2.24) is 0 Å². The standard InChI is InChI=1S/C54H34O2/c1-3-18-36(19-4-1)54(37-20-5-2-6-21-37)47-28-13-12-24-40(47)43-30-31-45-44-27-15-17-35(52(44)56-53(45)51(43)54)32-46-38-22-8-10-25-41(38)50(42-26-11-9-23-39(42)46)49-33-34-16-7-14-29-48(34)55-49/h1-31,33H,32H2. The van der Waals surface area contributed by atoms with E-state index < -0.39 is 5.41 Å². The van der Waals surface area contributed by atoms with Crippen molar-refractivity contribution in [1.29, 1.82) is 0 Å². The van der Waals surface area contributed by atoms with E-state index >= 15 is 0 Å². The van der Waals surface area contributed by atoms with E-state index in [0.29, 0.717) is 6.42 Å². The van der Waals surface area contributed by atoms with Gasteiger partial charge in [0.1, 0.15) is 22.5 Å². The van der Waals surface area contributed by atoms with Crippen LogP contribution in [0.15, 0.2) is 203 Å². The molecule has 2 heterocycles. The van der Waals surface area contributed by atoms with Crippen LogP contribution < -0.4 is 0 Å². The van der Waals surface area contributed by atoms with Crippen LogP contribution in [-0.4, -0.2) is 0 Å². The Balaban J connectivity index is 1.12. The third-order valence-corrected chi connectivity index (χ3v) is 12.2. The molecule has 1 aliphatic rings. The zero-order valence-electron chi connectivity index (χ0n) is 30.5. The molecule has 262 valence electrons. The first-order chi connectivity index (χ1) is 27.8. The van der Waals surface area contributed by atoms with Crippen LogP contribution in [0.5, 0.6) is 0 Å². The van der Waals surface area contributed by atoms with Crippen LogP contribution in [0.3, 0.4) is 0 Å². The molecule has 0 saturated heterocycles. The number of fused-ring (bicyclic) bond motifs is 10. The van der Waals surface area contributed by atoms with E-state index in [9.17, 15) is 0 Å². The minimum Gasteiger partial charge on any atom is -0.456 e. The van der Waals surface area contributed by atoms with Crippen molar-refractivity contribution in [3.05, 3.63) is 228 Å². The molecule has 2 aromatic heterocycles. The van der Waals surface area contributed by atoms with Crippen molar-refractivity contribution in [3.8, 4) is 22.5 Å². The number of hydrogen-bond donors (Lipinski definition) is 0. The SMILES string of the molecule is c1ccc(C2(c3ccccc3)c3ccccc3-c3ccc4c(oc5c(Cc6c7ccccc7c(-c7cc8ccccc8o7)c7ccccc67)cccc54)c32)cc1. The summed E-state index contributed by atoms with van der Waals surface area (Å²) < 4.78 is 13.9. The summed E-state index contributed by atoms with van der Waals surface area (Å²) in [4.78, 5) is 0. The maximum atomic E-state index is 7.36.